The zero-order valence-electron chi connectivity index (χ0n) is 10.2. The van der Waals surface area contributed by atoms with Crippen molar-refractivity contribution in [1.82, 2.24) is 10.2 Å². The average Bonchev–Trinajstić information content (AvgIpc) is 2.69. The Kier molecular flexibility index (Phi) is 2.50. The van der Waals surface area contributed by atoms with Gasteiger partial charge in [-0.1, -0.05) is 13.8 Å². The van der Waals surface area contributed by atoms with E-state index in [0.29, 0.717) is 0 Å². The molecule has 2 fully saturated rings. The average molecular weight is 239 g/mol. The Bertz CT molecular complexity index is 381. The molecule has 94 valence electrons. The Morgan fingerprint density at radius 3 is 2.24 bits per heavy atom. The summed E-state index contributed by atoms with van der Waals surface area (Å²) in [5, 5.41) is 2.70. The van der Waals surface area contributed by atoms with Gasteiger partial charge >= 0.3 is 0 Å². The summed E-state index contributed by atoms with van der Waals surface area (Å²) in [4.78, 5) is 36.2. The predicted molar refractivity (Wildman–Crippen MR) is 59.5 cm³/mol. The van der Waals surface area contributed by atoms with Crippen molar-refractivity contribution in [3.8, 4) is 0 Å². The first-order chi connectivity index (χ1) is 7.82. The summed E-state index contributed by atoms with van der Waals surface area (Å²) in [6, 6.07) is -0.677. The van der Waals surface area contributed by atoms with E-state index in [2.05, 4.69) is 5.32 Å². The third kappa shape index (κ3) is 1.55. The zero-order valence-corrected chi connectivity index (χ0v) is 10.2. The summed E-state index contributed by atoms with van der Waals surface area (Å²) in [6.07, 6.45) is 0. The molecule has 1 aliphatic heterocycles. The van der Waals surface area contributed by atoms with Crippen LogP contribution in [0.1, 0.15) is 13.8 Å². The van der Waals surface area contributed by atoms with Crippen molar-refractivity contribution in [3.05, 3.63) is 0 Å². The van der Waals surface area contributed by atoms with Gasteiger partial charge in [0.15, 0.2) is 0 Å². The number of likely N-dealkylation sites (tertiary alicyclic amines) is 1. The standard InChI is InChI=1S/C11H17N3O3/c1-11(2)6-7(11)10(17)14(9(6)16)4-5(13-3)8(12)15/h5-7,13H,4H2,1-3H3,(H2,12,15). The molecule has 0 aromatic rings. The lowest BCUT2D eigenvalue weighted by Gasteiger charge is -2.23. The van der Waals surface area contributed by atoms with Crippen molar-refractivity contribution >= 4 is 17.7 Å². The van der Waals surface area contributed by atoms with E-state index < -0.39 is 11.9 Å². The van der Waals surface area contributed by atoms with Crippen LogP contribution in [0.5, 0.6) is 0 Å². The Hall–Kier alpha value is -1.43. The summed E-state index contributed by atoms with van der Waals surface area (Å²) in [7, 11) is 1.57. The molecule has 1 aliphatic carbocycles. The SMILES string of the molecule is CNC(CN1C(=O)C2C(C1=O)C2(C)C)C(N)=O. The Balaban J connectivity index is 2.09. The first-order valence-corrected chi connectivity index (χ1v) is 5.64. The van der Waals surface area contributed by atoms with Crippen molar-refractivity contribution < 1.29 is 14.4 Å². The molecule has 1 saturated carbocycles. The summed E-state index contributed by atoms with van der Waals surface area (Å²) in [5.41, 5.74) is 4.95. The van der Waals surface area contributed by atoms with Crippen LogP contribution in [0.4, 0.5) is 0 Å². The zero-order chi connectivity index (χ0) is 13.0. The van der Waals surface area contributed by atoms with E-state index in [1.807, 2.05) is 13.8 Å². The molecule has 1 saturated heterocycles. The van der Waals surface area contributed by atoms with Crippen LogP contribution in [0.3, 0.4) is 0 Å². The molecule has 6 heteroatoms. The molecule has 2 aliphatic rings. The van der Waals surface area contributed by atoms with Crippen LogP contribution >= 0.6 is 0 Å². The highest BCUT2D eigenvalue weighted by molar-refractivity contribution is 6.10. The Morgan fingerprint density at radius 2 is 1.88 bits per heavy atom. The van der Waals surface area contributed by atoms with E-state index in [0.717, 1.165) is 4.90 Å². The molecule has 0 spiro atoms. The highest BCUT2D eigenvalue weighted by atomic mass is 16.2. The summed E-state index contributed by atoms with van der Waals surface area (Å²) >= 11 is 0. The second-order valence-corrected chi connectivity index (χ2v) is 5.31. The second kappa shape index (κ2) is 3.53. The Morgan fingerprint density at radius 1 is 1.41 bits per heavy atom. The molecular formula is C11H17N3O3. The number of likely N-dealkylation sites (N-methyl/N-ethyl adjacent to an activating group) is 1. The molecule has 1 heterocycles. The Labute approximate surface area is 99.5 Å². The number of nitrogens with two attached hydrogens (primary N) is 1. The predicted octanol–water partition coefficient (Wildman–Crippen LogP) is -1.30. The van der Waals surface area contributed by atoms with Gasteiger partial charge in [-0.05, 0) is 12.5 Å². The minimum Gasteiger partial charge on any atom is -0.368 e. The lowest BCUT2D eigenvalue weighted by atomic mass is 10.1. The van der Waals surface area contributed by atoms with Gasteiger partial charge in [0.05, 0.1) is 18.4 Å². The molecule has 3 atom stereocenters. The van der Waals surface area contributed by atoms with E-state index in [1.165, 1.54) is 0 Å². The maximum atomic E-state index is 12.0. The molecule has 0 radical (unpaired) electrons. The molecular weight excluding hydrogens is 222 g/mol. The van der Waals surface area contributed by atoms with Gasteiger partial charge in [-0.25, -0.2) is 0 Å². The first kappa shape index (κ1) is 12.0. The number of rotatable bonds is 4. The quantitative estimate of drug-likeness (QED) is 0.596. The number of carbonyl (C=O) groups is 3. The molecule has 0 aromatic carbocycles. The highest BCUT2D eigenvalue weighted by Crippen LogP contribution is 2.63. The van der Waals surface area contributed by atoms with Crippen LogP contribution in [0.25, 0.3) is 0 Å². The lowest BCUT2D eigenvalue weighted by molar-refractivity contribution is -0.143. The molecule has 3 unspecified atom stereocenters. The summed E-state index contributed by atoms with van der Waals surface area (Å²) < 4.78 is 0. The number of carbonyl (C=O) groups excluding carboxylic acids is 3. The minimum atomic E-state index is -0.677. The maximum absolute atomic E-state index is 12.0. The molecule has 0 aromatic heterocycles. The van der Waals surface area contributed by atoms with Crippen molar-refractivity contribution in [2.45, 2.75) is 19.9 Å². The van der Waals surface area contributed by atoms with Crippen molar-refractivity contribution in [3.63, 3.8) is 0 Å². The van der Waals surface area contributed by atoms with Gasteiger partial charge in [-0.15, -0.1) is 0 Å². The van der Waals surface area contributed by atoms with Crippen LogP contribution in [0, 0.1) is 17.3 Å². The van der Waals surface area contributed by atoms with Crippen molar-refractivity contribution in [1.29, 1.82) is 0 Å². The molecule has 2 rings (SSSR count). The third-order valence-corrected chi connectivity index (χ3v) is 3.95. The number of hydrogen-bond donors (Lipinski definition) is 2. The van der Waals surface area contributed by atoms with E-state index >= 15 is 0 Å². The highest BCUT2D eigenvalue weighted by Gasteiger charge is 2.72. The maximum Gasteiger partial charge on any atom is 0.236 e. The number of fused-ring (bicyclic) bond motifs is 1. The molecule has 6 nitrogen and oxygen atoms in total. The number of piperidine rings is 1. The van der Waals surface area contributed by atoms with Crippen LogP contribution in [-0.4, -0.2) is 42.3 Å². The summed E-state index contributed by atoms with van der Waals surface area (Å²) in [6.45, 7) is 3.87. The fourth-order valence-electron chi connectivity index (χ4n) is 2.69. The van der Waals surface area contributed by atoms with Crippen LogP contribution in [0.2, 0.25) is 0 Å². The van der Waals surface area contributed by atoms with E-state index in [9.17, 15) is 14.4 Å². The number of hydrogen-bond acceptors (Lipinski definition) is 4. The first-order valence-electron chi connectivity index (χ1n) is 5.64. The van der Waals surface area contributed by atoms with Crippen LogP contribution in [0.15, 0.2) is 0 Å². The van der Waals surface area contributed by atoms with E-state index in [-0.39, 0.29) is 35.6 Å². The number of nitrogens with one attached hydrogen (secondary N) is 1. The molecule has 17 heavy (non-hydrogen) atoms. The number of primary amides is 1. The normalized spacial score (nSPS) is 31.4. The minimum absolute atomic E-state index is 0.0343. The van der Waals surface area contributed by atoms with Gasteiger partial charge in [0.2, 0.25) is 17.7 Å². The van der Waals surface area contributed by atoms with Crippen LogP contribution < -0.4 is 11.1 Å². The molecule has 3 N–H and O–H groups in total. The van der Waals surface area contributed by atoms with Gasteiger partial charge < -0.3 is 11.1 Å². The smallest absolute Gasteiger partial charge is 0.236 e. The second-order valence-electron chi connectivity index (χ2n) is 5.31. The van der Waals surface area contributed by atoms with E-state index in [4.69, 9.17) is 5.73 Å². The summed E-state index contributed by atoms with van der Waals surface area (Å²) in [5.74, 6) is -1.33. The fraction of sp³-hybridized carbons (Fsp3) is 0.727. The van der Waals surface area contributed by atoms with Gasteiger partial charge in [-0.2, -0.15) is 0 Å². The number of amides is 3. The largest absolute Gasteiger partial charge is 0.368 e. The van der Waals surface area contributed by atoms with Gasteiger partial charge in [0, 0.05) is 0 Å². The van der Waals surface area contributed by atoms with Crippen LogP contribution in [-0.2, 0) is 14.4 Å². The number of imide groups is 1. The number of nitrogens with zero attached hydrogens (tertiary/aromatic N) is 1. The van der Waals surface area contributed by atoms with Gasteiger partial charge in [0.1, 0.15) is 6.04 Å². The van der Waals surface area contributed by atoms with Crippen molar-refractivity contribution in [2.24, 2.45) is 23.0 Å². The topological polar surface area (TPSA) is 92.5 Å². The van der Waals surface area contributed by atoms with E-state index in [1.54, 1.807) is 7.05 Å². The molecule has 0 bridgehead atoms. The fourth-order valence-corrected chi connectivity index (χ4v) is 2.69. The third-order valence-electron chi connectivity index (χ3n) is 3.95. The van der Waals surface area contributed by atoms with Gasteiger partial charge in [0.25, 0.3) is 0 Å². The van der Waals surface area contributed by atoms with Crippen molar-refractivity contribution in [2.75, 3.05) is 13.6 Å². The monoisotopic (exact) mass is 239 g/mol. The van der Waals surface area contributed by atoms with Gasteiger partial charge in [-0.3, -0.25) is 19.3 Å². The lowest BCUT2D eigenvalue weighted by Crippen LogP contribution is -2.50. The molecule has 3 amide bonds.